The Morgan fingerprint density at radius 2 is 1.74 bits per heavy atom. The van der Waals surface area contributed by atoms with E-state index in [1.165, 1.54) is 0 Å². The van der Waals surface area contributed by atoms with Gasteiger partial charge in [-0.2, -0.15) is 0 Å². The van der Waals surface area contributed by atoms with E-state index in [4.69, 9.17) is 16.6 Å². The number of pyridine rings is 1. The fourth-order valence-electron chi connectivity index (χ4n) is 3.38. The summed E-state index contributed by atoms with van der Waals surface area (Å²) in [6.07, 6.45) is 3.38. The number of nitrogens with one attached hydrogen (secondary N) is 2. The topological polar surface area (TPSA) is 80.0 Å². The molecule has 0 aliphatic carbocycles. The van der Waals surface area contributed by atoms with Crippen LogP contribution in [0.5, 0.6) is 0 Å². The van der Waals surface area contributed by atoms with Gasteiger partial charge >= 0.3 is 0 Å². The molecule has 7 heteroatoms. The van der Waals surface area contributed by atoms with E-state index in [0.717, 1.165) is 16.3 Å². The van der Waals surface area contributed by atoms with E-state index >= 15 is 0 Å². The maximum Gasteiger partial charge on any atom is 0.258 e. The molecule has 6 nitrogen and oxygen atoms in total. The molecular weight excluding hydrogens is 408 g/mol. The molecule has 150 valence electrons. The van der Waals surface area contributed by atoms with Crippen LogP contribution in [0.15, 0.2) is 89.6 Å². The Morgan fingerprint density at radius 1 is 0.935 bits per heavy atom. The zero-order chi connectivity index (χ0) is 21.2. The van der Waals surface area contributed by atoms with Crippen molar-refractivity contribution >= 4 is 50.8 Å². The second-order valence-electron chi connectivity index (χ2n) is 6.87. The summed E-state index contributed by atoms with van der Waals surface area (Å²) in [5.41, 5.74) is 3.45. The number of carbonyl (C=O) groups excluding carboxylic acids is 1. The summed E-state index contributed by atoms with van der Waals surface area (Å²) in [7, 11) is 0. The zero-order valence-corrected chi connectivity index (χ0v) is 17.0. The van der Waals surface area contributed by atoms with Gasteiger partial charge in [-0.05, 0) is 59.4 Å². The summed E-state index contributed by atoms with van der Waals surface area (Å²) < 4.78 is 5.81. The third-order valence-corrected chi connectivity index (χ3v) is 5.04. The number of thiocarbonyl (C=S) groups is 1. The molecular formula is C24H16N4O2S. The first-order chi connectivity index (χ1) is 15.2. The van der Waals surface area contributed by atoms with Crippen LogP contribution in [-0.2, 0) is 0 Å². The monoisotopic (exact) mass is 424 g/mol. The summed E-state index contributed by atoms with van der Waals surface area (Å²) >= 11 is 5.35. The third-order valence-electron chi connectivity index (χ3n) is 4.83. The number of aromatic nitrogens is 2. The number of anilines is 1. The number of nitrogens with zero attached hydrogens (tertiary/aromatic N) is 2. The number of hydrogen-bond acceptors (Lipinski definition) is 5. The molecule has 0 saturated heterocycles. The second kappa shape index (κ2) is 7.97. The van der Waals surface area contributed by atoms with Gasteiger partial charge < -0.3 is 9.73 Å². The van der Waals surface area contributed by atoms with Gasteiger partial charge in [0.25, 0.3) is 5.91 Å². The number of benzene rings is 3. The molecule has 0 fully saturated rings. The maximum atomic E-state index is 12.8. The first-order valence-corrected chi connectivity index (χ1v) is 9.99. The Morgan fingerprint density at radius 3 is 2.61 bits per heavy atom. The molecule has 0 atom stereocenters. The molecule has 31 heavy (non-hydrogen) atoms. The number of hydrogen-bond donors (Lipinski definition) is 2. The predicted molar refractivity (Wildman–Crippen MR) is 125 cm³/mol. The van der Waals surface area contributed by atoms with Gasteiger partial charge in [0.2, 0.25) is 5.89 Å². The van der Waals surface area contributed by atoms with Crippen molar-refractivity contribution in [3.05, 3.63) is 90.8 Å². The smallest absolute Gasteiger partial charge is 0.258 e. The Labute approximate surface area is 182 Å². The van der Waals surface area contributed by atoms with Crippen molar-refractivity contribution in [2.75, 3.05) is 5.32 Å². The molecule has 0 saturated carbocycles. The van der Waals surface area contributed by atoms with E-state index in [-0.39, 0.29) is 11.0 Å². The largest absolute Gasteiger partial charge is 0.436 e. The predicted octanol–water partition coefficient (Wildman–Crippen LogP) is 5.17. The standard InChI is InChI=1S/C24H16N4O2S/c29-22(19-7-3-5-15-4-1-2-6-18(15)19)28-24(31)26-17-8-9-21-20(14-17)27-23(30-21)16-10-12-25-13-11-16/h1-14H,(H2,26,28,29,31). The van der Waals surface area contributed by atoms with Crippen molar-refractivity contribution in [2.45, 2.75) is 0 Å². The highest BCUT2D eigenvalue weighted by Crippen LogP contribution is 2.26. The van der Waals surface area contributed by atoms with Crippen LogP contribution in [0.1, 0.15) is 10.4 Å². The van der Waals surface area contributed by atoms with E-state index in [1.54, 1.807) is 18.5 Å². The molecule has 2 aromatic heterocycles. The molecule has 0 aliphatic heterocycles. The number of rotatable bonds is 3. The lowest BCUT2D eigenvalue weighted by molar-refractivity contribution is 0.0979. The minimum absolute atomic E-state index is 0.204. The van der Waals surface area contributed by atoms with E-state index in [9.17, 15) is 4.79 Å². The SMILES string of the molecule is O=C(NC(=S)Nc1ccc2oc(-c3ccncc3)nc2c1)c1cccc2ccccc12. The summed E-state index contributed by atoms with van der Waals surface area (Å²) in [5.74, 6) is 0.248. The van der Waals surface area contributed by atoms with Gasteiger partial charge in [0.1, 0.15) is 5.52 Å². The quantitative estimate of drug-likeness (QED) is 0.389. The van der Waals surface area contributed by atoms with Crippen LogP contribution in [0.3, 0.4) is 0 Å². The Hall–Kier alpha value is -4.10. The summed E-state index contributed by atoms with van der Waals surface area (Å²) in [6, 6.07) is 22.5. The number of fused-ring (bicyclic) bond motifs is 2. The lowest BCUT2D eigenvalue weighted by Gasteiger charge is -2.11. The average molecular weight is 424 g/mol. The van der Waals surface area contributed by atoms with Crippen molar-refractivity contribution in [3.63, 3.8) is 0 Å². The Balaban J connectivity index is 1.33. The molecule has 0 spiro atoms. The van der Waals surface area contributed by atoms with Crippen LogP contribution in [0.2, 0.25) is 0 Å². The minimum Gasteiger partial charge on any atom is -0.436 e. The minimum atomic E-state index is -0.267. The summed E-state index contributed by atoms with van der Waals surface area (Å²) in [6.45, 7) is 0. The molecule has 3 aromatic carbocycles. The first kappa shape index (κ1) is 18.9. The van der Waals surface area contributed by atoms with Gasteiger partial charge in [-0.3, -0.25) is 15.1 Å². The van der Waals surface area contributed by atoms with Crippen LogP contribution < -0.4 is 10.6 Å². The van der Waals surface area contributed by atoms with Crippen molar-refractivity contribution in [1.29, 1.82) is 0 Å². The molecule has 2 N–H and O–H groups in total. The number of oxazole rings is 1. The fourth-order valence-corrected chi connectivity index (χ4v) is 3.59. The highest BCUT2D eigenvalue weighted by molar-refractivity contribution is 7.80. The van der Waals surface area contributed by atoms with Gasteiger partial charge in [0, 0.05) is 29.2 Å². The van der Waals surface area contributed by atoms with Gasteiger partial charge in [0.05, 0.1) is 0 Å². The van der Waals surface area contributed by atoms with Gasteiger partial charge in [-0.25, -0.2) is 4.98 Å². The van der Waals surface area contributed by atoms with Crippen LogP contribution in [0.25, 0.3) is 33.3 Å². The van der Waals surface area contributed by atoms with Crippen molar-refractivity contribution in [2.24, 2.45) is 0 Å². The number of amides is 1. The fraction of sp³-hybridized carbons (Fsp3) is 0. The second-order valence-corrected chi connectivity index (χ2v) is 7.28. The molecule has 0 radical (unpaired) electrons. The van der Waals surface area contributed by atoms with E-state index in [0.29, 0.717) is 28.2 Å². The van der Waals surface area contributed by atoms with Crippen molar-refractivity contribution in [3.8, 4) is 11.5 Å². The highest BCUT2D eigenvalue weighted by Gasteiger charge is 2.13. The maximum absolute atomic E-state index is 12.8. The average Bonchev–Trinajstić information content (AvgIpc) is 3.22. The van der Waals surface area contributed by atoms with E-state index in [1.807, 2.05) is 66.7 Å². The molecule has 5 rings (SSSR count). The van der Waals surface area contributed by atoms with Crippen LogP contribution in [-0.4, -0.2) is 21.0 Å². The molecule has 0 unspecified atom stereocenters. The third kappa shape index (κ3) is 3.86. The highest BCUT2D eigenvalue weighted by atomic mass is 32.1. The molecule has 0 aliphatic rings. The summed E-state index contributed by atoms with van der Waals surface area (Å²) in [5, 5.41) is 7.86. The van der Waals surface area contributed by atoms with Gasteiger partial charge in [-0.1, -0.05) is 36.4 Å². The molecule has 0 bridgehead atoms. The zero-order valence-electron chi connectivity index (χ0n) is 16.2. The van der Waals surface area contributed by atoms with Crippen LogP contribution in [0.4, 0.5) is 5.69 Å². The number of carbonyl (C=O) groups is 1. The van der Waals surface area contributed by atoms with E-state index in [2.05, 4.69) is 20.6 Å². The Bertz CT molecular complexity index is 1420. The first-order valence-electron chi connectivity index (χ1n) is 9.58. The van der Waals surface area contributed by atoms with Gasteiger partial charge in [0.15, 0.2) is 10.7 Å². The van der Waals surface area contributed by atoms with Crippen molar-refractivity contribution < 1.29 is 9.21 Å². The summed E-state index contributed by atoms with van der Waals surface area (Å²) in [4.78, 5) is 21.3. The van der Waals surface area contributed by atoms with E-state index < -0.39 is 0 Å². The Kier molecular flexibility index (Phi) is 4.86. The molecule has 2 heterocycles. The van der Waals surface area contributed by atoms with Crippen LogP contribution in [0, 0.1) is 0 Å². The molecule has 5 aromatic rings. The van der Waals surface area contributed by atoms with Crippen LogP contribution >= 0.6 is 12.2 Å². The van der Waals surface area contributed by atoms with Gasteiger partial charge in [-0.15, -0.1) is 0 Å². The normalized spacial score (nSPS) is 10.8. The lowest BCUT2D eigenvalue weighted by Crippen LogP contribution is -2.34. The molecule has 1 amide bonds. The van der Waals surface area contributed by atoms with Crippen molar-refractivity contribution in [1.82, 2.24) is 15.3 Å². The lowest BCUT2D eigenvalue weighted by atomic mass is 10.0.